The molecule has 1 aliphatic heterocycles. The van der Waals surface area contributed by atoms with Crippen LogP contribution in [0.5, 0.6) is 0 Å². The van der Waals surface area contributed by atoms with Gasteiger partial charge in [-0.2, -0.15) is 5.10 Å². The molecule has 1 aromatic heterocycles. The molecule has 27 heavy (non-hydrogen) atoms. The Morgan fingerprint density at radius 3 is 2.74 bits per heavy atom. The Bertz CT molecular complexity index is 766. The van der Waals surface area contributed by atoms with E-state index in [0.29, 0.717) is 19.5 Å². The number of hydrogen-bond donors (Lipinski definition) is 3. The third-order valence-corrected chi connectivity index (χ3v) is 4.88. The van der Waals surface area contributed by atoms with Crippen molar-refractivity contribution in [3.05, 3.63) is 42.1 Å². The summed E-state index contributed by atoms with van der Waals surface area (Å²) in [5.41, 5.74) is 1.72. The van der Waals surface area contributed by atoms with Gasteiger partial charge in [0, 0.05) is 31.7 Å². The summed E-state index contributed by atoms with van der Waals surface area (Å²) in [5, 5.41) is 21.4. The molecule has 0 bridgehead atoms. The van der Waals surface area contributed by atoms with Gasteiger partial charge in [-0.25, -0.2) is 0 Å². The number of benzene rings is 1. The van der Waals surface area contributed by atoms with E-state index < -0.39 is 5.60 Å². The fraction of sp³-hybridized carbons (Fsp3) is 0.524. The predicted molar refractivity (Wildman–Crippen MR) is 106 cm³/mol. The average Bonchev–Trinajstić information content (AvgIpc) is 3.07. The molecule has 1 amide bonds. The average molecular weight is 370 g/mol. The number of nitrogens with zero attached hydrogens (tertiary/aromatic N) is 2. The number of H-pyrrole nitrogens is 1. The number of amides is 1. The summed E-state index contributed by atoms with van der Waals surface area (Å²) in [4.78, 5) is 14.6. The van der Waals surface area contributed by atoms with E-state index in [1.54, 1.807) is 11.1 Å². The molecule has 6 heteroatoms. The van der Waals surface area contributed by atoms with Crippen molar-refractivity contribution in [3.63, 3.8) is 0 Å². The molecule has 0 unspecified atom stereocenters. The van der Waals surface area contributed by atoms with Crippen molar-refractivity contribution >= 4 is 5.91 Å². The highest BCUT2D eigenvalue weighted by molar-refractivity contribution is 5.86. The minimum absolute atomic E-state index is 0.0166. The van der Waals surface area contributed by atoms with Crippen LogP contribution in [0.4, 0.5) is 0 Å². The van der Waals surface area contributed by atoms with Crippen molar-refractivity contribution in [3.8, 4) is 11.3 Å². The van der Waals surface area contributed by atoms with Crippen molar-refractivity contribution in [1.29, 1.82) is 0 Å². The van der Waals surface area contributed by atoms with E-state index in [9.17, 15) is 9.90 Å². The topological polar surface area (TPSA) is 81.2 Å². The smallest absolute Gasteiger partial charge is 0.255 e. The van der Waals surface area contributed by atoms with E-state index in [2.05, 4.69) is 36.3 Å². The van der Waals surface area contributed by atoms with Crippen LogP contribution in [0.1, 0.15) is 39.2 Å². The highest BCUT2D eigenvalue weighted by atomic mass is 16.3. The van der Waals surface area contributed by atoms with E-state index in [1.807, 2.05) is 30.3 Å². The molecule has 0 saturated carbocycles. The monoisotopic (exact) mass is 370 g/mol. The van der Waals surface area contributed by atoms with Crippen molar-refractivity contribution in [2.75, 3.05) is 19.6 Å². The Labute approximate surface area is 161 Å². The van der Waals surface area contributed by atoms with Gasteiger partial charge in [0.2, 0.25) is 0 Å². The summed E-state index contributed by atoms with van der Waals surface area (Å²) < 4.78 is 0. The fourth-order valence-corrected chi connectivity index (χ4v) is 3.66. The molecule has 0 aliphatic carbocycles. The largest absolute Gasteiger partial charge is 0.379 e. The van der Waals surface area contributed by atoms with Crippen LogP contribution in [0.25, 0.3) is 11.3 Å². The van der Waals surface area contributed by atoms with E-state index in [1.165, 1.54) is 0 Å². The van der Waals surface area contributed by atoms with Crippen LogP contribution in [-0.2, 0) is 11.3 Å². The first kappa shape index (κ1) is 19.6. The number of carbonyl (C=O) groups excluding carboxylic acids is 1. The second-order valence-electron chi connectivity index (χ2n) is 8.66. The number of rotatable bonds is 6. The second kappa shape index (κ2) is 7.82. The molecule has 146 valence electrons. The minimum atomic E-state index is -1.33. The van der Waals surface area contributed by atoms with Gasteiger partial charge in [-0.1, -0.05) is 51.1 Å². The van der Waals surface area contributed by atoms with Crippen LogP contribution >= 0.6 is 0 Å². The zero-order valence-electron chi connectivity index (χ0n) is 16.5. The van der Waals surface area contributed by atoms with E-state index in [0.717, 1.165) is 29.8 Å². The lowest BCUT2D eigenvalue weighted by Gasteiger charge is -2.41. The summed E-state index contributed by atoms with van der Waals surface area (Å²) in [7, 11) is 0. The van der Waals surface area contributed by atoms with Gasteiger partial charge < -0.3 is 15.3 Å². The highest BCUT2D eigenvalue weighted by Gasteiger charge is 2.42. The summed E-state index contributed by atoms with van der Waals surface area (Å²) in [6.07, 6.45) is 3.10. The molecule has 6 nitrogen and oxygen atoms in total. The minimum Gasteiger partial charge on any atom is -0.379 e. The number of nitrogens with one attached hydrogen (secondary N) is 2. The van der Waals surface area contributed by atoms with Crippen LogP contribution in [-0.4, -0.2) is 51.3 Å². The molecule has 3 rings (SSSR count). The van der Waals surface area contributed by atoms with Gasteiger partial charge in [-0.3, -0.25) is 9.89 Å². The van der Waals surface area contributed by atoms with Crippen LogP contribution in [0.3, 0.4) is 0 Å². The molecule has 1 saturated heterocycles. The third-order valence-electron chi connectivity index (χ3n) is 4.88. The first-order chi connectivity index (χ1) is 12.8. The van der Waals surface area contributed by atoms with E-state index in [4.69, 9.17) is 0 Å². The number of hydrogen-bond acceptors (Lipinski definition) is 4. The number of aliphatic hydroxyl groups is 1. The first-order valence-corrected chi connectivity index (χ1v) is 9.59. The SMILES string of the molecule is CC(C)(C)CN1CCC[C@](O)(CNCc2cn[nH]c2-c2ccccc2)C1=O. The Hall–Kier alpha value is -2.18. The summed E-state index contributed by atoms with van der Waals surface area (Å²) in [6, 6.07) is 10.0. The van der Waals surface area contributed by atoms with Crippen molar-refractivity contribution in [2.24, 2.45) is 5.41 Å². The second-order valence-corrected chi connectivity index (χ2v) is 8.66. The predicted octanol–water partition coefficient (Wildman–Crippen LogP) is 2.57. The fourth-order valence-electron chi connectivity index (χ4n) is 3.66. The van der Waals surface area contributed by atoms with Crippen LogP contribution < -0.4 is 5.32 Å². The van der Waals surface area contributed by atoms with E-state index in [-0.39, 0.29) is 17.9 Å². The number of aromatic amines is 1. The van der Waals surface area contributed by atoms with Crippen molar-refractivity contribution < 1.29 is 9.90 Å². The maximum Gasteiger partial charge on any atom is 0.255 e. The molecule has 0 radical (unpaired) electrons. The Morgan fingerprint density at radius 1 is 1.30 bits per heavy atom. The molecule has 2 heterocycles. The summed E-state index contributed by atoms with van der Waals surface area (Å²) in [6.45, 7) is 8.48. The van der Waals surface area contributed by atoms with Gasteiger partial charge >= 0.3 is 0 Å². The highest BCUT2D eigenvalue weighted by Crippen LogP contribution is 2.26. The normalized spacial score (nSPS) is 20.9. The van der Waals surface area contributed by atoms with Gasteiger partial charge in [0.1, 0.15) is 0 Å². The van der Waals surface area contributed by atoms with Gasteiger partial charge in [0.05, 0.1) is 11.9 Å². The van der Waals surface area contributed by atoms with Gasteiger partial charge in [-0.15, -0.1) is 0 Å². The van der Waals surface area contributed by atoms with Crippen LogP contribution in [0.2, 0.25) is 0 Å². The molecule has 1 aromatic carbocycles. The summed E-state index contributed by atoms with van der Waals surface area (Å²) >= 11 is 0. The maximum absolute atomic E-state index is 12.8. The maximum atomic E-state index is 12.8. The molecule has 2 aromatic rings. The van der Waals surface area contributed by atoms with E-state index >= 15 is 0 Å². The quantitative estimate of drug-likeness (QED) is 0.730. The van der Waals surface area contributed by atoms with Crippen molar-refractivity contribution in [1.82, 2.24) is 20.4 Å². The molecule has 1 fully saturated rings. The number of carbonyl (C=O) groups is 1. The lowest BCUT2D eigenvalue weighted by Crippen LogP contribution is -2.59. The standard InChI is InChI=1S/C21H30N4O2/c1-20(2,3)15-25-11-7-10-21(27,19(25)26)14-22-12-17-13-23-24-18(17)16-8-5-4-6-9-16/h4-6,8-9,13,22,27H,7,10-12,14-15H2,1-3H3,(H,23,24)/t21-/m0/s1. The molecule has 1 atom stereocenters. The lowest BCUT2D eigenvalue weighted by atomic mass is 9.88. The Balaban J connectivity index is 1.62. The molecular weight excluding hydrogens is 340 g/mol. The number of aromatic nitrogens is 2. The molecule has 3 N–H and O–H groups in total. The van der Waals surface area contributed by atoms with Crippen LogP contribution in [0, 0.1) is 5.41 Å². The first-order valence-electron chi connectivity index (χ1n) is 9.59. The van der Waals surface area contributed by atoms with Crippen LogP contribution in [0.15, 0.2) is 36.5 Å². The number of piperidine rings is 1. The Kier molecular flexibility index (Phi) is 5.67. The Morgan fingerprint density at radius 2 is 2.04 bits per heavy atom. The third kappa shape index (κ3) is 4.76. The lowest BCUT2D eigenvalue weighted by molar-refractivity contribution is -0.158. The molecular formula is C21H30N4O2. The zero-order chi connectivity index (χ0) is 19.5. The van der Waals surface area contributed by atoms with Crippen molar-refractivity contribution in [2.45, 2.75) is 45.8 Å². The molecule has 1 aliphatic rings. The summed E-state index contributed by atoms with van der Waals surface area (Å²) in [5.74, 6) is -0.161. The molecule has 0 spiro atoms. The van der Waals surface area contributed by atoms with Gasteiger partial charge in [0.25, 0.3) is 5.91 Å². The van der Waals surface area contributed by atoms with Gasteiger partial charge in [0.15, 0.2) is 5.60 Å². The van der Waals surface area contributed by atoms with Gasteiger partial charge in [-0.05, 0) is 23.8 Å². The zero-order valence-corrected chi connectivity index (χ0v) is 16.5. The number of likely N-dealkylation sites (tertiary alicyclic amines) is 1.